The molecule has 2 aliphatic heterocycles. The Bertz CT molecular complexity index is 1020. The Balaban J connectivity index is 1.21. The fraction of sp³-hybridized carbons (Fsp3) is 0.333. The first kappa shape index (κ1) is 18.9. The molecule has 1 fully saturated rings. The minimum absolute atomic E-state index is 0.306. The van der Waals surface area contributed by atoms with Crippen LogP contribution in [0.4, 0.5) is 5.69 Å². The fourth-order valence-corrected chi connectivity index (χ4v) is 4.20. The standard InChI is InChI=1S/C24H26N4O2/c1-17-5-2-3-7-21(17)24-25-12-18(13-26-24)14-28-10-4-6-20(15-28)27-19-8-9-22-23(11-19)30-16-29-22/h2-3,5,7-9,11-13,20,27H,4,6,10,14-16H2,1H3. The second-order valence-electron chi connectivity index (χ2n) is 8.02. The zero-order valence-corrected chi connectivity index (χ0v) is 17.2. The van der Waals surface area contributed by atoms with Crippen molar-refractivity contribution in [2.75, 3.05) is 25.2 Å². The van der Waals surface area contributed by atoms with Gasteiger partial charge in [0.25, 0.3) is 0 Å². The van der Waals surface area contributed by atoms with Gasteiger partial charge in [-0.1, -0.05) is 24.3 Å². The Kier molecular flexibility index (Phi) is 5.24. The van der Waals surface area contributed by atoms with Crippen LogP contribution in [0.3, 0.4) is 0 Å². The van der Waals surface area contributed by atoms with Crippen molar-refractivity contribution in [2.45, 2.75) is 32.4 Å². The van der Waals surface area contributed by atoms with Gasteiger partial charge in [-0.2, -0.15) is 0 Å². The highest BCUT2D eigenvalue weighted by Crippen LogP contribution is 2.34. The predicted octanol–water partition coefficient (Wildman–Crippen LogP) is 4.26. The summed E-state index contributed by atoms with van der Waals surface area (Å²) in [5.74, 6) is 2.43. The van der Waals surface area contributed by atoms with Crippen LogP contribution in [0.15, 0.2) is 54.9 Å². The van der Waals surface area contributed by atoms with Crippen molar-refractivity contribution in [1.82, 2.24) is 14.9 Å². The average Bonchev–Trinajstić information content (AvgIpc) is 3.23. The van der Waals surface area contributed by atoms with Gasteiger partial charge in [0.15, 0.2) is 17.3 Å². The number of hydrogen-bond acceptors (Lipinski definition) is 6. The van der Waals surface area contributed by atoms with Gasteiger partial charge < -0.3 is 14.8 Å². The summed E-state index contributed by atoms with van der Waals surface area (Å²) in [6.45, 7) is 5.36. The SMILES string of the molecule is Cc1ccccc1-c1ncc(CN2CCCC(Nc3ccc4c(c3)OCO4)C2)cn1. The number of piperidine rings is 1. The lowest BCUT2D eigenvalue weighted by Gasteiger charge is -2.33. The summed E-state index contributed by atoms with van der Waals surface area (Å²) in [7, 11) is 0. The third-order valence-corrected chi connectivity index (χ3v) is 5.75. The molecule has 1 N–H and O–H groups in total. The number of fused-ring (bicyclic) bond motifs is 1. The summed E-state index contributed by atoms with van der Waals surface area (Å²) >= 11 is 0. The van der Waals surface area contributed by atoms with Crippen molar-refractivity contribution in [3.8, 4) is 22.9 Å². The van der Waals surface area contributed by atoms with Crippen LogP contribution in [0.25, 0.3) is 11.4 Å². The molecule has 1 atom stereocenters. The molecule has 1 aromatic heterocycles. The van der Waals surface area contributed by atoms with Crippen molar-refractivity contribution in [1.29, 1.82) is 0 Å². The monoisotopic (exact) mass is 402 g/mol. The van der Waals surface area contributed by atoms with E-state index in [-0.39, 0.29) is 0 Å². The molecule has 2 aliphatic rings. The zero-order chi connectivity index (χ0) is 20.3. The Morgan fingerprint density at radius 1 is 1.07 bits per heavy atom. The third-order valence-electron chi connectivity index (χ3n) is 5.75. The van der Waals surface area contributed by atoms with Crippen molar-refractivity contribution in [2.24, 2.45) is 0 Å². The predicted molar refractivity (Wildman–Crippen MR) is 117 cm³/mol. The number of nitrogens with one attached hydrogen (secondary N) is 1. The van der Waals surface area contributed by atoms with Crippen LogP contribution in [0.2, 0.25) is 0 Å². The lowest BCUT2D eigenvalue weighted by molar-refractivity contribution is 0.174. The van der Waals surface area contributed by atoms with Crippen LogP contribution < -0.4 is 14.8 Å². The lowest BCUT2D eigenvalue weighted by Crippen LogP contribution is -2.41. The molecular weight excluding hydrogens is 376 g/mol. The van der Waals surface area contributed by atoms with E-state index in [1.54, 1.807) is 0 Å². The largest absolute Gasteiger partial charge is 0.454 e. The van der Waals surface area contributed by atoms with E-state index in [0.717, 1.165) is 60.2 Å². The molecule has 2 aromatic carbocycles. The highest BCUT2D eigenvalue weighted by Gasteiger charge is 2.21. The van der Waals surface area contributed by atoms with Crippen LogP contribution in [-0.4, -0.2) is 40.8 Å². The van der Waals surface area contributed by atoms with Crippen LogP contribution in [0, 0.1) is 6.92 Å². The summed E-state index contributed by atoms with van der Waals surface area (Å²) in [6.07, 6.45) is 6.26. The quantitative estimate of drug-likeness (QED) is 0.688. The van der Waals surface area contributed by atoms with Crippen LogP contribution in [0.5, 0.6) is 11.5 Å². The van der Waals surface area contributed by atoms with Gasteiger partial charge in [0.2, 0.25) is 6.79 Å². The molecule has 6 heteroatoms. The van der Waals surface area contributed by atoms with Crippen molar-refractivity contribution >= 4 is 5.69 Å². The van der Waals surface area contributed by atoms with Gasteiger partial charge in [0.1, 0.15) is 0 Å². The van der Waals surface area contributed by atoms with Gasteiger partial charge in [0.05, 0.1) is 0 Å². The molecule has 30 heavy (non-hydrogen) atoms. The summed E-state index contributed by atoms with van der Waals surface area (Å²) in [6, 6.07) is 14.7. The molecule has 0 spiro atoms. The molecule has 6 nitrogen and oxygen atoms in total. The number of aromatic nitrogens is 2. The molecule has 0 saturated carbocycles. The van der Waals surface area contributed by atoms with E-state index >= 15 is 0 Å². The van der Waals surface area contributed by atoms with E-state index in [0.29, 0.717) is 12.8 Å². The summed E-state index contributed by atoms with van der Waals surface area (Å²) < 4.78 is 10.9. The minimum atomic E-state index is 0.306. The van der Waals surface area contributed by atoms with Gasteiger partial charge in [-0.3, -0.25) is 4.90 Å². The number of anilines is 1. The van der Waals surface area contributed by atoms with Gasteiger partial charge in [0, 0.05) is 54.4 Å². The highest BCUT2D eigenvalue weighted by molar-refractivity contribution is 5.59. The maximum absolute atomic E-state index is 5.49. The van der Waals surface area contributed by atoms with Crippen molar-refractivity contribution in [3.05, 3.63) is 66.0 Å². The normalized spacial score (nSPS) is 18.4. The van der Waals surface area contributed by atoms with E-state index in [4.69, 9.17) is 9.47 Å². The molecule has 3 heterocycles. The molecular formula is C24H26N4O2. The van der Waals surface area contributed by atoms with E-state index in [1.807, 2.05) is 36.7 Å². The Morgan fingerprint density at radius 3 is 2.77 bits per heavy atom. The van der Waals surface area contributed by atoms with Crippen LogP contribution >= 0.6 is 0 Å². The average molecular weight is 402 g/mol. The Labute approximate surface area is 176 Å². The Hall–Kier alpha value is -3.12. The summed E-state index contributed by atoms with van der Waals surface area (Å²) in [4.78, 5) is 11.7. The van der Waals surface area contributed by atoms with E-state index in [1.165, 1.54) is 12.0 Å². The molecule has 0 aliphatic carbocycles. The second kappa shape index (κ2) is 8.32. The minimum Gasteiger partial charge on any atom is -0.454 e. The number of aryl methyl sites for hydroxylation is 1. The molecule has 3 aromatic rings. The van der Waals surface area contributed by atoms with Gasteiger partial charge >= 0.3 is 0 Å². The molecule has 5 rings (SSSR count). The van der Waals surface area contributed by atoms with Crippen molar-refractivity contribution in [3.63, 3.8) is 0 Å². The molecule has 1 unspecified atom stereocenters. The summed E-state index contributed by atoms with van der Waals surface area (Å²) in [5, 5.41) is 3.65. The van der Waals surface area contributed by atoms with E-state index in [9.17, 15) is 0 Å². The maximum atomic E-state index is 5.49. The first-order valence-corrected chi connectivity index (χ1v) is 10.5. The maximum Gasteiger partial charge on any atom is 0.231 e. The highest BCUT2D eigenvalue weighted by atomic mass is 16.7. The van der Waals surface area contributed by atoms with E-state index in [2.05, 4.69) is 45.3 Å². The molecule has 1 saturated heterocycles. The number of nitrogens with zero attached hydrogens (tertiary/aromatic N) is 3. The smallest absolute Gasteiger partial charge is 0.231 e. The van der Waals surface area contributed by atoms with Gasteiger partial charge in [-0.05, 0) is 44.0 Å². The van der Waals surface area contributed by atoms with Crippen molar-refractivity contribution < 1.29 is 9.47 Å². The van der Waals surface area contributed by atoms with Gasteiger partial charge in [-0.25, -0.2) is 9.97 Å². The number of likely N-dealkylation sites (tertiary alicyclic amines) is 1. The number of hydrogen-bond donors (Lipinski definition) is 1. The second-order valence-corrected chi connectivity index (χ2v) is 8.02. The molecule has 154 valence electrons. The van der Waals surface area contributed by atoms with Crippen LogP contribution in [0.1, 0.15) is 24.0 Å². The topological polar surface area (TPSA) is 59.5 Å². The fourth-order valence-electron chi connectivity index (χ4n) is 4.20. The third kappa shape index (κ3) is 4.09. The Morgan fingerprint density at radius 2 is 1.90 bits per heavy atom. The zero-order valence-electron chi connectivity index (χ0n) is 17.2. The number of benzene rings is 2. The van der Waals surface area contributed by atoms with Crippen LogP contribution in [-0.2, 0) is 6.54 Å². The first-order valence-electron chi connectivity index (χ1n) is 10.5. The molecule has 0 radical (unpaired) electrons. The lowest BCUT2D eigenvalue weighted by atomic mass is 10.0. The molecule has 0 bridgehead atoms. The first-order chi connectivity index (χ1) is 14.7. The molecule has 0 amide bonds. The number of rotatable bonds is 5. The number of ether oxygens (including phenoxy) is 2. The summed E-state index contributed by atoms with van der Waals surface area (Å²) in [5.41, 5.74) is 4.52. The van der Waals surface area contributed by atoms with Gasteiger partial charge in [-0.15, -0.1) is 0 Å². The van der Waals surface area contributed by atoms with E-state index < -0.39 is 0 Å².